The molecule has 138 valence electrons. The van der Waals surface area contributed by atoms with Gasteiger partial charge in [0.15, 0.2) is 6.61 Å². The number of phenolic OH excluding ortho intramolecular Hbond substituents is 1. The predicted molar refractivity (Wildman–Crippen MR) is 96.3 cm³/mol. The van der Waals surface area contributed by atoms with Gasteiger partial charge in [-0.1, -0.05) is 0 Å². The molecule has 1 heterocycles. The first-order chi connectivity index (χ1) is 12.4. The van der Waals surface area contributed by atoms with E-state index in [1.807, 2.05) is 6.92 Å². The van der Waals surface area contributed by atoms with Crippen molar-refractivity contribution in [2.24, 2.45) is 7.05 Å². The van der Waals surface area contributed by atoms with Crippen LogP contribution in [0, 0.1) is 13.8 Å². The van der Waals surface area contributed by atoms with Crippen LogP contribution < -0.4 is 5.32 Å². The van der Waals surface area contributed by atoms with Crippen LogP contribution in [0.4, 0.5) is 5.69 Å². The highest BCUT2D eigenvalue weighted by molar-refractivity contribution is 5.97. The third-order valence-electron chi connectivity index (χ3n) is 4.79. The van der Waals surface area contributed by atoms with Crippen molar-refractivity contribution in [3.63, 3.8) is 0 Å². The number of carbonyl (C=O) groups is 2. The average molecular weight is 357 g/mol. The Bertz CT molecular complexity index is 870. The zero-order valence-corrected chi connectivity index (χ0v) is 15.3. The lowest BCUT2D eigenvalue weighted by Crippen LogP contribution is -2.21. The van der Waals surface area contributed by atoms with Gasteiger partial charge < -0.3 is 15.2 Å². The quantitative estimate of drug-likeness (QED) is 0.820. The highest BCUT2D eigenvalue weighted by Gasteiger charge is 2.20. The molecule has 26 heavy (non-hydrogen) atoms. The number of aromatic nitrogens is 2. The fourth-order valence-electron chi connectivity index (χ4n) is 3.28. The minimum absolute atomic E-state index is 0.102. The molecular weight excluding hydrogens is 334 g/mol. The molecule has 0 unspecified atom stereocenters. The van der Waals surface area contributed by atoms with E-state index in [0.717, 1.165) is 42.5 Å². The van der Waals surface area contributed by atoms with E-state index >= 15 is 0 Å². The summed E-state index contributed by atoms with van der Waals surface area (Å²) < 4.78 is 6.75. The van der Waals surface area contributed by atoms with Crippen LogP contribution in [0.15, 0.2) is 12.1 Å². The van der Waals surface area contributed by atoms with Crippen LogP contribution in [-0.2, 0) is 29.4 Å². The zero-order valence-electron chi connectivity index (χ0n) is 15.3. The van der Waals surface area contributed by atoms with E-state index < -0.39 is 18.5 Å². The smallest absolute Gasteiger partial charge is 0.342 e. The zero-order chi connectivity index (χ0) is 18.8. The number of aromatic hydroxyl groups is 1. The molecule has 7 heteroatoms. The van der Waals surface area contributed by atoms with Crippen LogP contribution in [-0.4, -0.2) is 33.4 Å². The molecule has 2 aromatic rings. The number of hydrogen-bond acceptors (Lipinski definition) is 5. The molecule has 2 N–H and O–H groups in total. The standard InChI is InChI=1S/C19H23N3O4/c1-11-18(12(2)22(3)21-11)20-17(24)10-26-19(25)15-8-13-6-4-5-7-14(13)9-16(15)23/h8-9,23H,4-7,10H2,1-3H3,(H,20,24). The van der Waals surface area contributed by atoms with Crippen molar-refractivity contribution in [2.75, 3.05) is 11.9 Å². The predicted octanol–water partition coefficient (Wildman–Crippen LogP) is 2.42. The van der Waals surface area contributed by atoms with E-state index in [-0.39, 0.29) is 11.3 Å². The largest absolute Gasteiger partial charge is 0.507 e. The van der Waals surface area contributed by atoms with Crippen LogP contribution >= 0.6 is 0 Å². The van der Waals surface area contributed by atoms with Crippen molar-refractivity contribution >= 4 is 17.6 Å². The van der Waals surface area contributed by atoms with Crippen LogP contribution in [0.25, 0.3) is 0 Å². The number of fused-ring (bicyclic) bond motifs is 1. The number of nitrogens with zero attached hydrogens (tertiary/aromatic N) is 2. The van der Waals surface area contributed by atoms with Gasteiger partial charge in [-0.3, -0.25) is 9.48 Å². The molecule has 0 spiro atoms. The Morgan fingerprint density at radius 2 is 1.88 bits per heavy atom. The van der Waals surface area contributed by atoms with Crippen molar-refractivity contribution in [2.45, 2.75) is 39.5 Å². The fourth-order valence-corrected chi connectivity index (χ4v) is 3.28. The molecule has 0 atom stereocenters. The molecule has 1 aromatic carbocycles. The summed E-state index contributed by atoms with van der Waals surface area (Å²) in [7, 11) is 1.79. The van der Waals surface area contributed by atoms with Crippen LogP contribution in [0.2, 0.25) is 0 Å². The number of nitrogens with one attached hydrogen (secondary N) is 1. The van der Waals surface area contributed by atoms with Gasteiger partial charge in [-0.05, 0) is 62.8 Å². The second-order valence-corrected chi connectivity index (χ2v) is 6.64. The minimum atomic E-state index is -0.703. The topological polar surface area (TPSA) is 93.5 Å². The third-order valence-corrected chi connectivity index (χ3v) is 4.79. The van der Waals surface area contributed by atoms with Crippen LogP contribution in [0.5, 0.6) is 5.75 Å². The highest BCUT2D eigenvalue weighted by atomic mass is 16.5. The lowest BCUT2D eigenvalue weighted by molar-refractivity contribution is -0.119. The maximum atomic E-state index is 12.3. The number of aryl methyl sites for hydroxylation is 4. The number of hydrogen-bond donors (Lipinski definition) is 2. The Balaban J connectivity index is 1.64. The number of carbonyl (C=O) groups excluding carboxylic acids is 2. The number of anilines is 1. The van der Waals surface area contributed by atoms with Gasteiger partial charge in [-0.25, -0.2) is 4.79 Å². The molecule has 1 aromatic heterocycles. The van der Waals surface area contributed by atoms with Gasteiger partial charge in [0.2, 0.25) is 0 Å². The monoisotopic (exact) mass is 357 g/mol. The molecule has 0 fully saturated rings. The van der Waals surface area contributed by atoms with E-state index in [1.54, 1.807) is 30.8 Å². The number of esters is 1. The third kappa shape index (κ3) is 3.56. The second-order valence-electron chi connectivity index (χ2n) is 6.64. The van der Waals surface area contributed by atoms with Gasteiger partial charge in [0.1, 0.15) is 11.3 Å². The van der Waals surface area contributed by atoms with E-state index in [0.29, 0.717) is 11.4 Å². The molecule has 0 aliphatic heterocycles. The van der Waals surface area contributed by atoms with Crippen molar-refractivity contribution < 1.29 is 19.4 Å². The van der Waals surface area contributed by atoms with Gasteiger partial charge in [0.25, 0.3) is 5.91 Å². The molecule has 0 saturated heterocycles. The first-order valence-corrected chi connectivity index (χ1v) is 8.68. The Morgan fingerprint density at radius 3 is 2.50 bits per heavy atom. The summed E-state index contributed by atoms with van der Waals surface area (Å²) in [6.45, 7) is 3.20. The van der Waals surface area contributed by atoms with Gasteiger partial charge in [0, 0.05) is 7.05 Å². The lowest BCUT2D eigenvalue weighted by atomic mass is 9.90. The van der Waals surface area contributed by atoms with Gasteiger partial charge >= 0.3 is 5.97 Å². The molecule has 0 saturated carbocycles. The molecule has 7 nitrogen and oxygen atoms in total. The van der Waals surface area contributed by atoms with Crippen molar-refractivity contribution in [3.8, 4) is 5.75 Å². The molecule has 3 rings (SSSR count). The fraction of sp³-hybridized carbons (Fsp3) is 0.421. The van der Waals surface area contributed by atoms with Crippen molar-refractivity contribution in [1.29, 1.82) is 0 Å². The minimum Gasteiger partial charge on any atom is -0.507 e. The lowest BCUT2D eigenvalue weighted by Gasteiger charge is -2.17. The molecular formula is C19H23N3O4. The summed E-state index contributed by atoms with van der Waals surface area (Å²) in [6, 6.07) is 3.31. The van der Waals surface area contributed by atoms with E-state index in [9.17, 15) is 14.7 Å². The molecule has 1 aliphatic carbocycles. The summed E-state index contributed by atoms with van der Waals surface area (Å²) in [5.74, 6) is -1.25. The van der Waals surface area contributed by atoms with Gasteiger partial charge in [-0.2, -0.15) is 5.10 Å². The summed E-state index contributed by atoms with van der Waals surface area (Å²) in [5, 5.41) is 17.0. The van der Waals surface area contributed by atoms with E-state index in [1.165, 1.54) is 0 Å². The van der Waals surface area contributed by atoms with Gasteiger partial charge in [0.05, 0.1) is 17.1 Å². The molecule has 0 radical (unpaired) electrons. The first-order valence-electron chi connectivity index (χ1n) is 8.68. The van der Waals surface area contributed by atoms with Gasteiger partial charge in [-0.15, -0.1) is 0 Å². The summed E-state index contributed by atoms with van der Waals surface area (Å²) in [6.07, 6.45) is 3.95. The van der Waals surface area contributed by atoms with E-state index in [4.69, 9.17) is 4.74 Å². The second kappa shape index (κ2) is 7.19. The summed E-state index contributed by atoms with van der Waals surface area (Å²) in [5.41, 5.74) is 4.36. The van der Waals surface area contributed by atoms with Crippen molar-refractivity contribution in [3.05, 3.63) is 40.2 Å². The van der Waals surface area contributed by atoms with E-state index in [2.05, 4.69) is 10.4 Å². The maximum absolute atomic E-state index is 12.3. The average Bonchev–Trinajstić information content (AvgIpc) is 2.85. The molecule has 1 aliphatic rings. The number of ether oxygens (including phenoxy) is 1. The number of phenols is 1. The molecule has 0 bridgehead atoms. The van der Waals surface area contributed by atoms with Crippen molar-refractivity contribution in [1.82, 2.24) is 9.78 Å². The number of rotatable bonds is 4. The Morgan fingerprint density at radius 1 is 1.23 bits per heavy atom. The van der Waals surface area contributed by atoms with Crippen LogP contribution in [0.1, 0.15) is 45.7 Å². The number of amides is 1. The normalized spacial score (nSPS) is 13.2. The first kappa shape index (κ1) is 18.0. The Kier molecular flexibility index (Phi) is 4.97. The Hall–Kier alpha value is -2.83. The van der Waals surface area contributed by atoms with Crippen LogP contribution in [0.3, 0.4) is 0 Å². The highest BCUT2D eigenvalue weighted by Crippen LogP contribution is 2.29. The Labute approximate surface area is 152 Å². The summed E-state index contributed by atoms with van der Waals surface area (Å²) in [4.78, 5) is 24.4. The summed E-state index contributed by atoms with van der Waals surface area (Å²) >= 11 is 0. The maximum Gasteiger partial charge on any atom is 0.342 e. The number of benzene rings is 1. The molecule has 1 amide bonds. The SMILES string of the molecule is Cc1nn(C)c(C)c1NC(=O)COC(=O)c1cc2c(cc1O)CCCC2.